The van der Waals surface area contributed by atoms with E-state index in [2.05, 4.69) is 15.6 Å². The number of carbonyl (C=O) groups excluding carboxylic acids is 1. The molecule has 0 aliphatic carbocycles. The maximum absolute atomic E-state index is 12.9. The lowest BCUT2D eigenvalue weighted by atomic mass is 10.2. The van der Waals surface area contributed by atoms with Gasteiger partial charge in [-0.15, -0.1) is 17.8 Å². The lowest BCUT2D eigenvalue weighted by Gasteiger charge is -2.06. The smallest absolute Gasteiger partial charge is 0.338 e. The van der Waals surface area contributed by atoms with Crippen LogP contribution in [-0.2, 0) is 28.0 Å². The Labute approximate surface area is 182 Å². The third kappa shape index (κ3) is 6.36. The summed E-state index contributed by atoms with van der Waals surface area (Å²) >= 11 is 1.34. The van der Waals surface area contributed by atoms with Crippen molar-refractivity contribution in [2.75, 3.05) is 6.54 Å². The minimum atomic E-state index is -3.73. The fourth-order valence-corrected chi connectivity index (χ4v) is 3.99. The fourth-order valence-electron chi connectivity index (χ4n) is 2.37. The summed E-state index contributed by atoms with van der Waals surface area (Å²) in [5.74, 6) is 1.74. The van der Waals surface area contributed by atoms with Crippen LogP contribution >= 0.6 is 11.3 Å². The van der Waals surface area contributed by atoms with Gasteiger partial charge in [-0.3, -0.25) is 0 Å². The van der Waals surface area contributed by atoms with Crippen LogP contribution in [0.25, 0.3) is 0 Å². The second kappa shape index (κ2) is 10.2. The molecule has 3 rings (SSSR count). The molecule has 0 unspecified atom stereocenters. The van der Waals surface area contributed by atoms with E-state index in [1.807, 2.05) is 0 Å². The van der Waals surface area contributed by atoms with Crippen LogP contribution < -0.4 is 9.46 Å². The lowest BCUT2D eigenvalue weighted by Crippen LogP contribution is -2.23. The van der Waals surface area contributed by atoms with Crippen molar-refractivity contribution >= 4 is 27.3 Å². The maximum Gasteiger partial charge on any atom is 0.338 e. The minimum absolute atomic E-state index is 0.00963. The number of thiazole rings is 1. The second-order valence-electron chi connectivity index (χ2n) is 6.10. The Morgan fingerprint density at radius 3 is 2.52 bits per heavy atom. The molecule has 0 fully saturated rings. The normalized spacial score (nSPS) is 11.0. The number of ether oxygens (including phenoxy) is 2. The van der Waals surface area contributed by atoms with E-state index in [0.717, 1.165) is 0 Å². The topological polar surface area (TPSA) is 94.6 Å². The minimum Gasteiger partial charge on any atom is -0.486 e. The summed E-state index contributed by atoms with van der Waals surface area (Å²) in [5.41, 5.74) is 0.750. The number of nitrogens with zero attached hydrogens (tertiary/aromatic N) is 1. The van der Waals surface area contributed by atoms with Gasteiger partial charge in [0.2, 0.25) is 10.0 Å². The molecule has 0 aliphatic rings. The van der Waals surface area contributed by atoms with Crippen LogP contribution in [0.5, 0.6) is 5.75 Å². The number of hydrogen-bond acceptors (Lipinski definition) is 7. The summed E-state index contributed by atoms with van der Waals surface area (Å²) in [6.45, 7) is 0.0280. The SMILES string of the molecule is C#CCNS(=O)(=O)c1ccc(C(=O)OCc2csc(COc3ccc(F)cc3)n2)cc1. The summed E-state index contributed by atoms with van der Waals surface area (Å²) < 4.78 is 49.9. The highest BCUT2D eigenvalue weighted by molar-refractivity contribution is 7.89. The molecule has 1 N–H and O–H groups in total. The number of esters is 1. The van der Waals surface area contributed by atoms with E-state index >= 15 is 0 Å². The molecule has 7 nitrogen and oxygen atoms in total. The molecule has 0 amide bonds. The Kier molecular flexibility index (Phi) is 7.36. The van der Waals surface area contributed by atoms with Crippen molar-refractivity contribution < 1.29 is 27.1 Å². The van der Waals surface area contributed by atoms with Crippen LogP contribution in [0.4, 0.5) is 4.39 Å². The zero-order valence-corrected chi connectivity index (χ0v) is 17.7. The van der Waals surface area contributed by atoms with Crippen molar-refractivity contribution in [1.82, 2.24) is 9.71 Å². The van der Waals surface area contributed by atoms with Gasteiger partial charge in [-0.2, -0.15) is 4.72 Å². The fraction of sp³-hybridized carbons (Fsp3) is 0.143. The van der Waals surface area contributed by atoms with Crippen molar-refractivity contribution in [3.8, 4) is 18.1 Å². The van der Waals surface area contributed by atoms with Gasteiger partial charge in [0, 0.05) is 5.38 Å². The van der Waals surface area contributed by atoms with Crippen LogP contribution in [0.2, 0.25) is 0 Å². The number of nitrogens with one attached hydrogen (secondary N) is 1. The monoisotopic (exact) mass is 460 g/mol. The lowest BCUT2D eigenvalue weighted by molar-refractivity contribution is 0.0468. The molecule has 0 aliphatic heterocycles. The standard InChI is InChI=1S/C21H17FN2O5S2/c1-2-11-23-31(26,27)19-9-3-15(4-10-19)21(25)29-12-17-14-30-20(24-17)13-28-18-7-5-16(22)6-8-18/h1,3-10,14,23H,11-13H2. The molecule has 2 aromatic carbocycles. The van der Waals surface area contributed by atoms with Crippen molar-refractivity contribution in [3.63, 3.8) is 0 Å². The molecule has 0 saturated heterocycles. The quantitative estimate of drug-likeness (QED) is 0.390. The molecule has 3 aromatic rings. The van der Waals surface area contributed by atoms with Crippen LogP contribution in [0, 0.1) is 18.2 Å². The largest absolute Gasteiger partial charge is 0.486 e. The molecule has 0 atom stereocenters. The number of aromatic nitrogens is 1. The number of terminal acetylenes is 1. The number of hydrogen-bond donors (Lipinski definition) is 1. The molecule has 10 heteroatoms. The van der Waals surface area contributed by atoms with Gasteiger partial charge < -0.3 is 9.47 Å². The number of benzene rings is 2. The van der Waals surface area contributed by atoms with Crippen molar-refractivity contribution in [2.24, 2.45) is 0 Å². The van der Waals surface area contributed by atoms with Gasteiger partial charge in [0.25, 0.3) is 0 Å². The van der Waals surface area contributed by atoms with Crippen molar-refractivity contribution in [2.45, 2.75) is 18.1 Å². The molecular formula is C21H17FN2O5S2. The Morgan fingerprint density at radius 1 is 1.13 bits per heavy atom. The number of halogens is 1. The molecule has 1 aromatic heterocycles. The summed E-state index contributed by atoms with van der Waals surface area (Å²) in [7, 11) is -3.73. The highest BCUT2D eigenvalue weighted by Crippen LogP contribution is 2.17. The van der Waals surface area contributed by atoms with E-state index in [1.165, 1.54) is 59.9 Å². The van der Waals surface area contributed by atoms with Crippen LogP contribution in [-0.4, -0.2) is 25.9 Å². The highest BCUT2D eigenvalue weighted by atomic mass is 32.2. The van der Waals surface area contributed by atoms with Gasteiger partial charge in [0.05, 0.1) is 22.7 Å². The van der Waals surface area contributed by atoms with E-state index in [4.69, 9.17) is 15.9 Å². The third-order valence-corrected chi connectivity index (χ3v) is 6.18. The van der Waals surface area contributed by atoms with Gasteiger partial charge in [0.15, 0.2) is 0 Å². The first-order valence-corrected chi connectivity index (χ1v) is 11.3. The zero-order chi connectivity index (χ0) is 22.3. The summed E-state index contributed by atoms with van der Waals surface area (Å²) in [5, 5.41) is 2.41. The van der Waals surface area contributed by atoms with Gasteiger partial charge >= 0.3 is 5.97 Å². The zero-order valence-electron chi connectivity index (χ0n) is 16.1. The molecular weight excluding hydrogens is 443 g/mol. The summed E-state index contributed by atoms with van der Waals surface area (Å²) in [6.07, 6.45) is 5.05. The first-order valence-electron chi connectivity index (χ1n) is 8.89. The van der Waals surface area contributed by atoms with Crippen LogP contribution in [0.3, 0.4) is 0 Å². The molecule has 31 heavy (non-hydrogen) atoms. The van der Waals surface area contributed by atoms with Gasteiger partial charge in [-0.25, -0.2) is 22.6 Å². The Morgan fingerprint density at radius 2 is 1.84 bits per heavy atom. The molecule has 0 saturated carbocycles. The summed E-state index contributed by atoms with van der Waals surface area (Å²) in [6, 6.07) is 11.0. The molecule has 0 bridgehead atoms. The van der Waals surface area contributed by atoms with E-state index in [9.17, 15) is 17.6 Å². The van der Waals surface area contributed by atoms with E-state index in [-0.39, 0.29) is 36.0 Å². The first-order chi connectivity index (χ1) is 14.9. The third-order valence-electron chi connectivity index (χ3n) is 3.89. The Balaban J connectivity index is 1.51. The van der Waals surface area contributed by atoms with E-state index in [0.29, 0.717) is 16.5 Å². The molecule has 160 valence electrons. The molecule has 0 spiro atoms. The predicted molar refractivity (Wildman–Crippen MR) is 112 cm³/mol. The van der Waals surface area contributed by atoms with Gasteiger partial charge in [-0.05, 0) is 48.5 Å². The maximum atomic E-state index is 12.9. The van der Waals surface area contributed by atoms with Gasteiger partial charge in [0.1, 0.15) is 29.8 Å². The van der Waals surface area contributed by atoms with Crippen LogP contribution in [0.15, 0.2) is 58.8 Å². The number of rotatable bonds is 9. The second-order valence-corrected chi connectivity index (χ2v) is 8.81. The van der Waals surface area contributed by atoms with E-state index < -0.39 is 16.0 Å². The predicted octanol–water partition coefficient (Wildman–Crippen LogP) is 3.13. The average Bonchev–Trinajstić information content (AvgIpc) is 3.23. The van der Waals surface area contributed by atoms with Gasteiger partial charge in [-0.1, -0.05) is 5.92 Å². The molecule has 0 radical (unpaired) electrons. The van der Waals surface area contributed by atoms with E-state index in [1.54, 1.807) is 5.38 Å². The summed E-state index contributed by atoms with van der Waals surface area (Å²) in [4.78, 5) is 16.5. The molecule has 1 heterocycles. The van der Waals surface area contributed by atoms with Crippen LogP contribution in [0.1, 0.15) is 21.1 Å². The number of carbonyl (C=O) groups is 1. The van der Waals surface area contributed by atoms with Crippen molar-refractivity contribution in [1.29, 1.82) is 0 Å². The Bertz CT molecular complexity index is 1180. The average molecular weight is 461 g/mol. The Hall–Kier alpha value is -3.26. The highest BCUT2D eigenvalue weighted by Gasteiger charge is 2.15. The first kappa shape index (κ1) is 22.4. The van der Waals surface area contributed by atoms with Crippen molar-refractivity contribution in [3.05, 3.63) is 76.0 Å². The number of sulfonamides is 1.